The van der Waals surface area contributed by atoms with Crippen LogP contribution in [0, 0.1) is 6.92 Å². The first-order valence-corrected chi connectivity index (χ1v) is 11.1. The molecule has 4 rings (SSSR count). The summed E-state index contributed by atoms with van der Waals surface area (Å²) in [7, 11) is 0. The van der Waals surface area contributed by atoms with Crippen molar-refractivity contribution in [1.29, 1.82) is 0 Å². The van der Waals surface area contributed by atoms with Crippen molar-refractivity contribution >= 4 is 23.3 Å². The quantitative estimate of drug-likeness (QED) is 0.776. The molecule has 2 heterocycles. The van der Waals surface area contributed by atoms with Crippen molar-refractivity contribution in [3.8, 4) is 0 Å². The van der Waals surface area contributed by atoms with Gasteiger partial charge < -0.3 is 15.2 Å². The number of piperazine rings is 1. The molecular formula is C24H30N4O3. The Labute approximate surface area is 182 Å². The van der Waals surface area contributed by atoms with E-state index in [9.17, 15) is 14.4 Å². The average molecular weight is 423 g/mol. The van der Waals surface area contributed by atoms with E-state index >= 15 is 0 Å². The number of carbonyl (C=O) groups is 3. The fourth-order valence-electron chi connectivity index (χ4n) is 4.60. The number of nitrogens with one attached hydrogen (secondary N) is 2. The minimum absolute atomic E-state index is 0.0351. The molecule has 0 atom stereocenters. The molecule has 1 aliphatic carbocycles. The number of rotatable bonds is 5. The van der Waals surface area contributed by atoms with Crippen LogP contribution in [0.1, 0.15) is 57.4 Å². The van der Waals surface area contributed by atoms with Gasteiger partial charge in [-0.1, -0.05) is 25.1 Å². The van der Waals surface area contributed by atoms with Crippen LogP contribution in [-0.2, 0) is 17.6 Å². The van der Waals surface area contributed by atoms with Gasteiger partial charge in [0.1, 0.15) is 5.69 Å². The van der Waals surface area contributed by atoms with Gasteiger partial charge in [-0.05, 0) is 43.4 Å². The number of amides is 2. The minimum Gasteiger partial charge on any atom is -0.354 e. The Kier molecular flexibility index (Phi) is 6.23. The molecule has 1 saturated heterocycles. The van der Waals surface area contributed by atoms with Gasteiger partial charge in [-0.15, -0.1) is 0 Å². The zero-order chi connectivity index (χ0) is 22.0. The molecule has 2 N–H and O–H groups in total. The smallest absolute Gasteiger partial charge is 0.270 e. The maximum Gasteiger partial charge on any atom is 0.270 e. The number of anilines is 1. The second-order valence-electron chi connectivity index (χ2n) is 8.38. The number of aromatic amines is 1. The van der Waals surface area contributed by atoms with Crippen LogP contribution < -0.4 is 5.32 Å². The van der Waals surface area contributed by atoms with Gasteiger partial charge in [-0.2, -0.15) is 0 Å². The number of nitrogens with zero attached hydrogens (tertiary/aromatic N) is 2. The molecule has 0 bridgehead atoms. The molecule has 0 spiro atoms. The number of aromatic nitrogens is 1. The van der Waals surface area contributed by atoms with Crippen LogP contribution >= 0.6 is 0 Å². The van der Waals surface area contributed by atoms with Crippen LogP contribution in [0.3, 0.4) is 0 Å². The number of Topliss-reactive ketones (excluding diaryl/α,β-unsaturated/α-hetero) is 1. The monoisotopic (exact) mass is 422 g/mol. The predicted octanol–water partition coefficient (Wildman–Crippen LogP) is 2.80. The van der Waals surface area contributed by atoms with Crippen molar-refractivity contribution < 1.29 is 14.4 Å². The summed E-state index contributed by atoms with van der Waals surface area (Å²) in [5.41, 5.74) is 4.93. The van der Waals surface area contributed by atoms with Gasteiger partial charge in [0, 0.05) is 49.5 Å². The van der Waals surface area contributed by atoms with Crippen LogP contribution in [0.5, 0.6) is 0 Å². The second kappa shape index (κ2) is 9.06. The molecule has 2 amide bonds. The van der Waals surface area contributed by atoms with Gasteiger partial charge >= 0.3 is 0 Å². The minimum atomic E-state index is -0.0549. The highest BCUT2D eigenvalue weighted by atomic mass is 16.2. The third-order valence-corrected chi connectivity index (χ3v) is 6.35. The first-order valence-electron chi connectivity index (χ1n) is 11.1. The zero-order valence-corrected chi connectivity index (χ0v) is 18.3. The molecule has 7 nitrogen and oxygen atoms in total. The Bertz CT molecular complexity index is 1000. The van der Waals surface area contributed by atoms with Gasteiger partial charge in [-0.25, -0.2) is 0 Å². The van der Waals surface area contributed by atoms with Crippen LogP contribution in [0.15, 0.2) is 24.3 Å². The summed E-state index contributed by atoms with van der Waals surface area (Å²) >= 11 is 0. The van der Waals surface area contributed by atoms with E-state index in [1.807, 2.05) is 36.1 Å². The normalized spacial score (nSPS) is 16.8. The first kappa shape index (κ1) is 21.3. The summed E-state index contributed by atoms with van der Waals surface area (Å²) in [4.78, 5) is 44.9. The lowest BCUT2D eigenvalue weighted by molar-refractivity contribution is -0.117. The fourth-order valence-corrected chi connectivity index (χ4v) is 4.60. The molecule has 164 valence electrons. The third kappa shape index (κ3) is 4.42. The van der Waals surface area contributed by atoms with Crippen molar-refractivity contribution in [2.24, 2.45) is 0 Å². The van der Waals surface area contributed by atoms with Gasteiger partial charge in [0.15, 0.2) is 5.78 Å². The number of hydrogen-bond acceptors (Lipinski definition) is 4. The number of fused-ring (bicyclic) bond motifs is 1. The Morgan fingerprint density at radius 1 is 1.10 bits per heavy atom. The number of para-hydroxylation sites is 1. The fraction of sp³-hybridized carbons (Fsp3) is 0.458. The largest absolute Gasteiger partial charge is 0.354 e. The van der Waals surface area contributed by atoms with E-state index in [0.29, 0.717) is 44.8 Å². The van der Waals surface area contributed by atoms with Crippen LogP contribution in [0.4, 0.5) is 5.69 Å². The first-order chi connectivity index (χ1) is 15.0. The molecule has 2 aliphatic rings. The molecular weight excluding hydrogens is 392 g/mol. The Morgan fingerprint density at radius 2 is 1.84 bits per heavy atom. The van der Waals surface area contributed by atoms with Crippen molar-refractivity contribution in [1.82, 2.24) is 14.8 Å². The van der Waals surface area contributed by atoms with Crippen molar-refractivity contribution in [2.45, 2.75) is 39.5 Å². The molecule has 1 aromatic carbocycles. The molecule has 7 heteroatoms. The number of carbonyl (C=O) groups excluding carboxylic acids is 3. The molecule has 31 heavy (non-hydrogen) atoms. The number of hydrogen-bond donors (Lipinski definition) is 2. The average Bonchev–Trinajstić information content (AvgIpc) is 3.12. The van der Waals surface area contributed by atoms with E-state index in [2.05, 4.69) is 22.1 Å². The van der Waals surface area contributed by atoms with Crippen LogP contribution in [0.2, 0.25) is 0 Å². The van der Waals surface area contributed by atoms with Crippen molar-refractivity contribution in [3.63, 3.8) is 0 Å². The summed E-state index contributed by atoms with van der Waals surface area (Å²) in [5.74, 6) is 0.0438. The summed E-state index contributed by atoms with van der Waals surface area (Å²) in [6.45, 7) is 6.66. The highest BCUT2D eigenvalue weighted by Crippen LogP contribution is 2.27. The molecule has 0 radical (unpaired) electrons. The highest BCUT2D eigenvalue weighted by molar-refractivity contribution is 6.04. The van der Waals surface area contributed by atoms with Crippen LogP contribution in [-0.4, -0.2) is 65.1 Å². The van der Waals surface area contributed by atoms with E-state index < -0.39 is 0 Å². The maximum absolute atomic E-state index is 13.1. The van der Waals surface area contributed by atoms with Crippen molar-refractivity contribution in [2.75, 3.05) is 38.0 Å². The predicted molar refractivity (Wildman–Crippen MR) is 120 cm³/mol. The standard InChI is InChI=1S/C24H30N4O3/c1-3-17-7-4-5-8-18(17)25-21(30)15-27-11-13-28(14-12-27)24(31)23-16(2)22-19(26-23)9-6-10-20(22)29/h4-5,7-8,26H,3,6,9-15H2,1-2H3,(H,25,30). The summed E-state index contributed by atoms with van der Waals surface area (Å²) in [6.07, 6.45) is 3.08. The SMILES string of the molecule is CCc1ccccc1NC(=O)CN1CCN(C(=O)c2[nH]c3c(c2C)C(=O)CCC3)CC1. The lowest BCUT2D eigenvalue weighted by atomic mass is 9.93. The highest BCUT2D eigenvalue weighted by Gasteiger charge is 2.30. The van der Waals surface area contributed by atoms with E-state index in [4.69, 9.17) is 0 Å². The number of aryl methyl sites for hydroxylation is 2. The molecule has 0 unspecified atom stereocenters. The third-order valence-electron chi connectivity index (χ3n) is 6.35. The Hall–Kier alpha value is -2.93. The van der Waals surface area contributed by atoms with E-state index in [1.165, 1.54) is 0 Å². The Balaban J connectivity index is 1.33. The number of ketones is 1. The molecule has 1 aliphatic heterocycles. The van der Waals surface area contributed by atoms with E-state index in [0.717, 1.165) is 47.3 Å². The maximum atomic E-state index is 13.1. The lowest BCUT2D eigenvalue weighted by Crippen LogP contribution is -2.50. The van der Waals surface area contributed by atoms with E-state index in [-0.39, 0.29) is 17.6 Å². The summed E-state index contributed by atoms with van der Waals surface area (Å²) in [6, 6.07) is 7.85. The number of benzene rings is 1. The zero-order valence-electron chi connectivity index (χ0n) is 18.3. The topological polar surface area (TPSA) is 85.5 Å². The number of H-pyrrole nitrogens is 1. The van der Waals surface area contributed by atoms with Gasteiger partial charge in [0.05, 0.1) is 6.54 Å². The van der Waals surface area contributed by atoms with Gasteiger partial charge in [-0.3, -0.25) is 19.3 Å². The molecule has 0 saturated carbocycles. The van der Waals surface area contributed by atoms with Crippen molar-refractivity contribution in [3.05, 3.63) is 52.3 Å². The molecule has 1 fully saturated rings. The Morgan fingerprint density at radius 3 is 2.55 bits per heavy atom. The second-order valence-corrected chi connectivity index (χ2v) is 8.38. The molecule has 1 aromatic heterocycles. The van der Waals surface area contributed by atoms with E-state index in [1.54, 1.807) is 0 Å². The lowest BCUT2D eigenvalue weighted by Gasteiger charge is -2.34. The summed E-state index contributed by atoms with van der Waals surface area (Å²) in [5, 5.41) is 3.01. The van der Waals surface area contributed by atoms with Gasteiger partial charge in [0.2, 0.25) is 5.91 Å². The van der Waals surface area contributed by atoms with Crippen LogP contribution in [0.25, 0.3) is 0 Å². The van der Waals surface area contributed by atoms with Gasteiger partial charge in [0.25, 0.3) is 5.91 Å². The summed E-state index contributed by atoms with van der Waals surface area (Å²) < 4.78 is 0. The molecule has 2 aromatic rings.